The Hall–Kier alpha value is -2.55. The van der Waals surface area contributed by atoms with Gasteiger partial charge in [0.1, 0.15) is 5.82 Å². The van der Waals surface area contributed by atoms with Gasteiger partial charge in [-0.1, -0.05) is 6.58 Å². The van der Waals surface area contributed by atoms with Gasteiger partial charge in [0.25, 0.3) is 0 Å². The van der Waals surface area contributed by atoms with Gasteiger partial charge in [0.2, 0.25) is 0 Å². The molecule has 3 aromatic rings. The van der Waals surface area contributed by atoms with Gasteiger partial charge in [-0.3, -0.25) is 4.98 Å². The van der Waals surface area contributed by atoms with E-state index in [2.05, 4.69) is 36.1 Å². The molecular formula is C20H21ClFN3. The molecule has 3 nitrogen and oxygen atoms in total. The molecule has 1 unspecified atom stereocenters. The molecule has 25 heavy (non-hydrogen) atoms. The third kappa shape index (κ3) is 3.46. The van der Waals surface area contributed by atoms with Gasteiger partial charge in [-0.15, -0.1) is 18.1 Å². The Labute approximate surface area is 153 Å². The number of nitrogens with zero attached hydrogens (tertiary/aromatic N) is 2. The highest BCUT2D eigenvalue weighted by molar-refractivity contribution is 5.86. The summed E-state index contributed by atoms with van der Waals surface area (Å²) in [5, 5.41) is 1.16. The molecule has 0 spiro atoms. The van der Waals surface area contributed by atoms with E-state index < -0.39 is 0 Å². The standard InChI is InChI=1S/C20H20FN3.ClH/c1-5-6-18(24(4)16-9-7-15(21)8-10-16)20-19-17(11-12-22-20)13(2)14(3)23-19;/h6-12,18,23H,1H2,2-4H3;1H. The summed E-state index contributed by atoms with van der Waals surface area (Å²) < 4.78 is 13.2. The van der Waals surface area contributed by atoms with Crippen LogP contribution in [0.2, 0.25) is 0 Å². The minimum atomic E-state index is -0.251. The van der Waals surface area contributed by atoms with Crippen LogP contribution in [0.5, 0.6) is 0 Å². The maximum atomic E-state index is 13.2. The van der Waals surface area contributed by atoms with Crippen LogP contribution in [0, 0.1) is 19.7 Å². The quantitative estimate of drug-likeness (QED) is 0.646. The summed E-state index contributed by atoms with van der Waals surface area (Å²) in [5.74, 6) is -0.251. The van der Waals surface area contributed by atoms with Gasteiger partial charge in [-0.2, -0.15) is 0 Å². The molecule has 5 heteroatoms. The minimum Gasteiger partial charge on any atom is -0.362 e. The third-order valence-electron chi connectivity index (χ3n) is 4.47. The molecule has 0 radical (unpaired) electrons. The average Bonchev–Trinajstić information content (AvgIpc) is 2.88. The van der Waals surface area contributed by atoms with Gasteiger partial charge in [-0.05, 0) is 55.8 Å². The van der Waals surface area contributed by atoms with Crippen molar-refractivity contribution in [2.75, 3.05) is 11.9 Å². The minimum absolute atomic E-state index is 0. The van der Waals surface area contributed by atoms with Crippen molar-refractivity contribution in [1.82, 2.24) is 9.97 Å². The van der Waals surface area contributed by atoms with Crippen LogP contribution in [-0.2, 0) is 0 Å². The van der Waals surface area contributed by atoms with Crippen LogP contribution >= 0.6 is 12.4 Å². The monoisotopic (exact) mass is 357 g/mol. The molecule has 0 saturated carbocycles. The predicted molar refractivity (Wildman–Crippen MR) is 104 cm³/mol. The molecule has 0 bridgehead atoms. The number of aromatic nitrogens is 2. The number of pyridine rings is 1. The van der Waals surface area contributed by atoms with Crippen LogP contribution in [0.25, 0.3) is 10.9 Å². The summed E-state index contributed by atoms with van der Waals surface area (Å²) in [5.41, 5.74) is 8.02. The molecule has 0 aliphatic rings. The third-order valence-corrected chi connectivity index (χ3v) is 4.47. The summed E-state index contributed by atoms with van der Waals surface area (Å²) in [4.78, 5) is 10.1. The van der Waals surface area contributed by atoms with E-state index >= 15 is 0 Å². The Morgan fingerprint density at radius 1 is 1.24 bits per heavy atom. The Morgan fingerprint density at radius 3 is 2.56 bits per heavy atom. The highest BCUT2D eigenvalue weighted by Gasteiger charge is 2.20. The fourth-order valence-corrected chi connectivity index (χ4v) is 2.95. The van der Waals surface area contributed by atoms with Crippen LogP contribution in [0.1, 0.15) is 23.0 Å². The van der Waals surface area contributed by atoms with Crippen molar-refractivity contribution in [2.24, 2.45) is 0 Å². The number of fused-ring (bicyclic) bond motifs is 1. The lowest BCUT2D eigenvalue weighted by atomic mass is 10.1. The molecule has 3 rings (SSSR count). The first-order chi connectivity index (χ1) is 11.5. The van der Waals surface area contributed by atoms with E-state index in [0.29, 0.717) is 0 Å². The SMILES string of the molecule is C=C=CC(c1nccc2c(C)c(C)[nH]c12)N(C)c1ccc(F)cc1.Cl. The number of hydrogen-bond donors (Lipinski definition) is 1. The van der Waals surface area contributed by atoms with Crippen molar-refractivity contribution in [3.05, 3.63) is 77.7 Å². The van der Waals surface area contributed by atoms with Gasteiger partial charge < -0.3 is 9.88 Å². The molecule has 0 saturated heterocycles. The Bertz CT molecular complexity index is 924. The van der Waals surface area contributed by atoms with Crippen LogP contribution in [0.3, 0.4) is 0 Å². The smallest absolute Gasteiger partial charge is 0.123 e. The summed E-state index contributed by atoms with van der Waals surface area (Å²) in [6.45, 7) is 7.87. The van der Waals surface area contributed by atoms with E-state index in [1.54, 1.807) is 12.1 Å². The molecular weight excluding hydrogens is 337 g/mol. The first-order valence-corrected chi connectivity index (χ1v) is 7.81. The maximum Gasteiger partial charge on any atom is 0.123 e. The van der Waals surface area contributed by atoms with Crippen LogP contribution in [0.15, 0.2) is 54.9 Å². The second-order valence-electron chi connectivity index (χ2n) is 5.90. The lowest BCUT2D eigenvalue weighted by Crippen LogP contribution is -2.23. The zero-order chi connectivity index (χ0) is 17.3. The number of halogens is 2. The normalized spacial score (nSPS) is 11.5. The Kier molecular flexibility index (Phi) is 5.68. The van der Waals surface area contributed by atoms with Crippen LogP contribution < -0.4 is 4.90 Å². The van der Waals surface area contributed by atoms with Crippen molar-refractivity contribution in [2.45, 2.75) is 19.9 Å². The molecule has 1 atom stereocenters. The average molecular weight is 358 g/mol. The fraction of sp³-hybridized carbons (Fsp3) is 0.200. The lowest BCUT2D eigenvalue weighted by Gasteiger charge is -2.27. The van der Waals surface area contributed by atoms with Crippen LogP contribution in [0.4, 0.5) is 10.1 Å². The molecule has 130 valence electrons. The zero-order valence-corrected chi connectivity index (χ0v) is 15.3. The molecule has 0 amide bonds. The molecule has 1 N–H and O–H groups in total. The van der Waals surface area contributed by atoms with Gasteiger partial charge in [-0.25, -0.2) is 4.39 Å². The molecule has 0 fully saturated rings. The predicted octanol–water partition coefficient (Wildman–Crippen LogP) is 5.26. The highest BCUT2D eigenvalue weighted by atomic mass is 35.5. The van der Waals surface area contributed by atoms with E-state index in [0.717, 1.165) is 28.0 Å². The number of benzene rings is 1. The van der Waals surface area contributed by atoms with E-state index in [-0.39, 0.29) is 24.3 Å². The Balaban J connectivity index is 0.00000225. The van der Waals surface area contributed by atoms with Crippen molar-refractivity contribution in [3.8, 4) is 0 Å². The van der Waals surface area contributed by atoms with Crippen molar-refractivity contribution in [3.63, 3.8) is 0 Å². The number of hydrogen-bond acceptors (Lipinski definition) is 2. The Morgan fingerprint density at radius 2 is 1.92 bits per heavy atom. The van der Waals surface area contributed by atoms with E-state index in [4.69, 9.17) is 0 Å². The van der Waals surface area contributed by atoms with E-state index in [1.807, 2.05) is 30.3 Å². The summed E-state index contributed by atoms with van der Waals surface area (Å²) >= 11 is 0. The number of H-pyrrole nitrogens is 1. The molecule has 2 aromatic heterocycles. The van der Waals surface area contributed by atoms with Gasteiger partial charge in [0, 0.05) is 30.0 Å². The number of likely N-dealkylation sites (N-methyl/N-ethyl adjacent to an activating group) is 1. The van der Waals surface area contributed by atoms with Crippen LogP contribution in [-0.4, -0.2) is 17.0 Å². The summed E-state index contributed by atoms with van der Waals surface area (Å²) in [6, 6.07) is 8.28. The topological polar surface area (TPSA) is 31.9 Å². The molecule has 0 aliphatic heterocycles. The van der Waals surface area contributed by atoms with E-state index in [1.165, 1.54) is 17.7 Å². The first-order valence-electron chi connectivity index (χ1n) is 7.81. The fourth-order valence-electron chi connectivity index (χ4n) is 2.95. The molecule has 0 aliphatic carbocycles. The van der Waals surface area contributed by atoms with Crippen molar-refractivity contribution < 1.29 is 4.39 Å². The highest BCUT2D eigenvalue weighted by Crippen LogP contribution is 2.31. The second-order valence-corrected chi connectivity index (χ2v) is 5.90. The van der Waals surface area contributed by atoms with E-state index in [9.17, 15) is 4.39 Å². The summed E-state index contributed by atoms with van der Waals surface area (Å²) in [7, 11) is 1.95. The second kappa shape index (κ2) is 7.56. The van der Waals surface area contributed by atoms with Crippen molar-refractivity contribution in [1.29, 1.82) is 0 Å². The van der Waals surface area contributed by atoms with Gasteiger partial charge >= 0.3 is 0 Å². The number of aryl methyl sites for hydroxylation is 2. The van der Waals surface area contributed by atoms with Crippen molar-refractivity contribution >= 4 is 29.0 Å². The maximum absolute atomic E-state index is 13.2. The molecule has 1 aromatic carbocycles. The molecule has 2 heterocycles. The number of aromatic amines is 1. The lowest BCUT2D eigenvalue weighted by molar-refractivity contribution is 0.627. The van der Waals surface area contributed by atoms with Gasteiger partial charge in [0.15, 0.2) is 0 Å². The largest absolute Gasteiger partial charge is 0.362 e. The van der Waals surface area contributed by atoms with Gasteiger partial charge in [0.05, 0.1) is 17.3 Å². The number of rotatable bonds is 4. The number of nitrogens with one attached hydrogen (secondary N) is 1. The summed E-state index contributed by atoms with van der Waals surface area (Å²) in [6.07, 6.45) is 3.69. The first kappa shape index (κ1) is 18.8. The number of anilines is 1. The zero-order valence-electron chi connectivity index (χ0n) is 14.5.